The van der Waals surface area contributed by atoms with Crippen molar-refractivity contribution < 1.29 is 32.5 Å². The summed E-state index contributed by atoms with van der Waals surface area (Å²) in [4.78, 5) is 12.4. The van der Waals surface area contributed by atoms with Gasteiger partial charge in [0.25, 0.3) is 7.82 Å². The van der Waals surface area contributed by atoms with E-state index in [2.05, 4.69) is 21.0 Å². The third kappa shape index (κ3) is 20.5. The van der Waals surface area contributed by atoms with Crippen molar-refractivity contribution in [2.24, 2.45) is 5.92 Å². The number of nitrogens with zero attached hydrogens (tertiary/aromatic N) is 1. The van der Waals surface area contributed by atoms with Crippen LogP contribution in [0.25, 0.3) is 0 Å². The van der Waals surface area contributed by atoms with Crippen LogP contribution < -0.4 is 4.89 Å². The number of methoxy groups -OCH3 is 1. The van der Waals surface area contributed by atoms with Gasteiger partial charge in [-0.2, -0.15) is 0 Å². The molecule has 0 radical (unpaired) electrons. The lowest BCUT2D eigenvalue weighted by Crippen LogP contribution is -2.40. The zero-order valence-corrected chi connectivity index (χ0v) is 25.7. The quantitative estimate of drug-likeness (QED) is 0.0742. The second-order valence-electron chi connectivity index (χ2n) is 11.8. The van der Waals surface area contributed by atoms with Gasteiger partial charge in [0.2, 0.25) is 0 Å². The van der Waals surface area contributed by atoms with Crippen molar-refractivity contribution in [3.05, 3.63) is 0 Å². The van der Waals surface area contributed by atoms with Crippen molar-refractivity contribution in [1.29, 1.82) is 0 Å². The molecule has 0 aromatic carbocycles. The lowest BCUT2D eigenvalue weighted by Gasteiger charge is -2.30. The largest absolute Gasteiger partial charge is 0.756 e. The number of hydrogen-bond acceptors (Lipinski definition) is 6. The molecule has 0 spiro atoms. The topological polar surface area (TPSA) is 77.1 Å². The molecule has 8 heteroatoms. The average Bonchev–Trinajstić information content (AvgIpc) is 3.01. The minimum atomic E-state index is -4.34. The number of unbranched alkanes of at least 4 members (excludes halogenated alkanes) is 13. The Kier molecular flexibility index (Phi) is 20.6. The molecular weight excluding hydrogens is 489 g/mol. The second-order valence-corrected chi connectivity index (χ2v) is 13.1. The standard InChI is InChI=1S/C29H60NO6P/c1-5-6-7-8-9-10-11-12-13-14-15-16-17-18-24-34-26-28(25-33-4)27-35-37(31,32)36-29-20-19-22-30(2,3)23-21-29/h28-29H,5-27H2,1-4H3. The van der Waals surface area contributed by atoms with E-state index in [0.29, 0.717) is 19.8 Å². The number of quaternary nitrogens is 1. The van der Waals surface area contributed by atoms with Crippen LogP contribution in [0, 0.1) is 5.92 Å². The van der Waals surface area contributed by atoms with E-state index in [4.69, 9.17) is 18.5 Å². The highest BCUT2D eigenvalue weighted by Crippen LogP contribution is 2.42. The van der Waals surface area contributed by atoms with Crippen molar-refractivity contribution in [3.8, 4) is 0 Å². The van der Waals surface area contributed by atoms with Crippen LogP contribution in [0.15, 0.2) is 0 Å². The maximum Gasteiger partial charge on any atom is 0.268 e. The molecule has 1 heterocycles. The predicted octanol–water partition coefficient (Wildman–Crippen LogP) is 6.88. The summed E-state index contributed by atoms with van der Waals surface area (Å²) < 4.78 is 35.0. The number of hydrogen-bond donors (Lipinski definition) is 0. The molecule has 0 amide bonds. The number of phosphoric ester groups is 1. The normalized spacial score (nSPS) is 20.4. The maximum atomic E-state index is 12.4. The summed E-state index contributed by atoms with van der Waals surface area (Å²) in [7, 11) is 1.61. The number of likely N-dealkylation sites (tertiary alicyclic amines) is 1. The van der Waals surface area contributed by atoms with Gasteiger partial charge in [0.05, 0.1) is 53.1 Å². The van der Waals surface area contributed by atoms with E-state index in [9.17, 15) is 9.46 Å². The Hall–Kier alpha value is -0.0100. The monoisotopic (exact) mass is 549 g/mol. The summed E-state index contributed by atoms with van der Waals surface area (Å²) >= 11 is 0. The van der Waals surface area contributed by atoms with Crippen LogP contribution in [0.3, 0.4) is 0 Å². The van der Waals surface area contributed by atoms with E-state index in [1.54, 1.807) is 7.11 Å². The first-order valence-electron chi connectivity index (χ1n) is 15.3. The minimum absolute atomic E-state index is 0.0294. The molecule has 222 valence electrons. The highest BCUT2D eigenvalue weighted by Gasteiger charge is 2.27. The van der Waals surface area contributed by atoms with E-state index >= 15 is 0 Å². The molecule has 0 saturated carbocycles. The second kappa shape index (κ2) is 21.8. The molecule has 37 heavy (non-hydrogen) atoms. The molecule has 1 aliphatic heterocycles. The molecule has 3 atom stereocenters. The number of rotatable bonds is 24. The van der Waals surface area contributed by atoms with Crippen LogP contribution in [-0.4, -0.2) is 71.3 Å². The molecule has 1 aliphatic rings. The smallest absolute Gasteiger partial charge is 0.268 e. The Morgan fingerprint density at radius 1 is 0.811 bits per heavy atom. The molecule has 0 bridgehead atoms. The number of ether oxygens (including phenoxy) is 2. The summed E-state index contributed by atoms with van der Waals surface area (Å²) in [5.41, 5.74) is 0. The molecule has 3 unspecified atom stereocenters. The van der Waals surface area contributed by atoms with Crippen molar-refractivity contribution in [1.82, 2.24) is 0 Å². The van der Waals surface area contributed by atoms with Crippen molar-refractivity contribution in [2.75, 3.05) is 60.7 Å². The summed E-state index contributed by atoms with van der Waals surface area (Å²) in [6, 6.07) is 0. The van der Waals surface area contributed by atoms with E-state index in [0.717, 1.165) is 43.3 Å². The fraction of sp³-hybridized carbons (Fsp3) is 1.00. The van der Waals surface area contributed by atoms with Crippen LogP contribution in [0.1, 0.15) is 116 Å². The van der Waals surface area contributed by atoms with Crippen LogP contribution in [0.4, 0.5) is 0 Å². The predicted molar refractivity (Wildman–Crippen MR) is 151 cm³/mol. The van der Waals surface area contributed by atoms with Crippen LogP contribution in [-0.2, 0) is 23.1 Å². The van der Waals surface area contributed by atoms with Gasteiger partial charge >= 0.3 is 0 Å². The summed E-state index contributed by atoms with van der Waals surface area (Å²) in [5.74, 6) is -0.132. The zero-order chi connectivity index (χ0) is 27.2. The van der Waals surface area contributed by atoms with Gasteiger partial charge in [0, 0.05) is 26.1 Å². The molecule has 0 N–H and O–H groups in total. The molecule has 1 rings (SSSR count). The first-order chi connectivity index (χ1) is 17.8. The third-order valence-corrected chi connectivity index (χ3v) is 8.51. The molecule has 1 fully saturated rings. The van der Waals surface area contributed by atoms with Crippen molar-refractivity contribution in [3.63, 3.8) is 0 Å². The van der Waals surface area contributed by atoms with E-state index in [1.807, 2.05) is 0 Å². The SMILES string of the molecule is CCCCCCCCCCCCCCCCOCC(COC)COP(=O)([O-])OC1CCC[N+](C)(C)CC1. The van der Waals surface area contributed by atoms with Gasteiger partial charge in [-0.25, -0.2) is 0 Å². The first kappa shape index (κ1) is 35.0. The Balaban J connectivity index is 2.04. The Morgan fingerprint density at radius 2 is 1.38 bits per heavy atom. The van der Waals surface area contributed by atoms with Crippen LogP contribution in [0.2, 0.25) is 0 Å². The zero-order valence-electron chi connectivity index (χ0n) is 24.8. The van der Waals surface area contributed by atoms with Crippen molar-refractivity contribution in [2.45, 2.75) is 122 Å². The highest BCUT2D eigenvalue weighted by atomic mass is 31.2. The molecule has 0 aromatic rings. The molecule has 7 nitrogen and oxygen atoms in total. The van der Waals surface area contributed by atoms with E-state index in [1.165, 1.54) is 83.5 Å². The first-order valence-corrected chi connectivity index (χ1v) is 16.8. The minimum Gasteiger partial charge on any atom is -0.756 e. The summed E-state index contributed by atoms with van der Waals surface area (Å²) in [5, 5.41) is 0. The number of phosphoric acid groups is 1. The van der Waals surface area contributed by atoms with Gasteiger partial charge in [-0.15, -0.1) is 0 Å². The van der Waals surface area contributed by atoms with Gasteiger partial charge in [-0.3, -0.25) is 4.57 Å². The van der Waals surface area contributed by atoms with Gasteiger partial charge in [0.15, 0.2) is 0 Å². The van der Waals surface area contributed by atoms with Crippen molar-refractivity contribution >= 4 is 7.82 Å². The highest BCUT2D eigenvalue weighted by molar-refractivity contribution is 7.45. The molecule has 0 aromatic heterocycles. The fourth-order valence-electron chi connectivity index (χ4n) is 5.04. The van der Waals surface area contributed by atoms with E-state index in [-0.39, 0.29) is 18.6 Å². The van der Waals surface area contributed by atoms with Gasteiger partial charge in [0.1, 0.15) is 0 Å². The fourth-order valence-corrected chi connectivity index (χ4v) is 6.07. The Labute approximate surface area is 229 Å². The van der Waals surface area contributed by atoms with Crippen LogP contribution >= 0.6 is 7.82 Å². The summed E-state index contributed by atoms with van der Waals surface area (Å²) in [6.07, 6.45) is 20.8. The average molecular weight is 550 g/mol. The molecule has 0 aliphatic carbocycles. The van der Waals surface area contributed by atoms with Gasteiger partial charge < -0.3 is 27.9 Å². The molecule has 1 saturated heterocycles. The van der Waals surface area contributed by atoms with Crippen LogP contribution in [0.5, 0.6) is 0 Å². The lowest BCUT2D eigenvalue weighted by molar-refractivity contribution is -0.889. The lowest BCUT2D eigenvalue weighted by atomic mass is 10.0. The molecular formula is C29H60NO6P. The maximum absolute atomic E-state index is 12.4. The van der Waals surface area contributed by atoms with Gasteiger partial charge in [-0.05, 0) is 19.3 Å². The third-order valence-electron chi connectivity index (χ3n) is 7.49. The van der Waals surface area contributed by atoms with E-state index < -0.39 is 7.82 Å². The van der Waals surface area contributed by atoms with Gasteiger partial charge in [-0.1, -0.05) is 90.4 Å². The Morgan fingerprint density at radius 3 is 1.95 bits per heavy atom. The summed E-state index contributed by atoms with van der Waals surface area (Å²) in [6.45, 7) is 5.77. The Bertz CT molecular complexity index is 577.